The Balaban J connectivity index is 1.52. The Morgan fingerprint density at radius 3 is 2.28 bits per heavy atom. The van der Waals surface area contributed by atoms with Gasteiger partial charge in [0.25, 0.3) is 5.91 Å². The topological polar surface area (TPSA) is 93.7 Å². The fourth-order valence-electron chi connectivity index (χ4n) is 3.07. The molecule has 8 heteroatoms. The number of hydrogen-bond acceptors (Lipinski definition) is 5. The van der Waals surface area contributed by atoms with E-state index in [1.165, 1.54) is 24.3 Å². The highest BCUT2D eigenvalue weighted by Crippen LogP contribution is 2.20. The van der Waals surface area contributed by atoms with Crippen LogP contribution in [-0.2, 0) is 21.4 Å². The van der Waals surface area contributed by atoms with Crippen molar-refractivity contribution in [2.75, 3.05) is 13.7 Å². The molecular formula is C24H26N2O5S. The zero-order chi connectivity index (χ0) is 23.0. The molecule has 0 saturated heterocycles. The zero-order valence-electron chi connectivity index (χ0n) is 17.9. The number of nitrogens with one attached hydrogen (secondary N) is 2. The molecule has 0 aliphatic heterocycles. The molecule has 0 saturated carbocycles. The molecule has 2 N–H and O–H groups in total. The summed E-state index contributed by atoms with van der Waals surface area (Å²) < 4.78 is 38.7. The van der Waals surface area contributed by atoms with Crippen molar-refractivity contribution in [3.63, 3.8) is 0 Å². The van der Waals surface area contributed by atoms with Crippen LogP contribution in [0, 0.1) is 0 Å². The third kappa shape index (κ3) is 6.32. The molecule has 1 atom stereocenters. The quantitative estimate of drug-likeness (QED) is 0.490. The summed E-state index contributed by atoms with van der Waals surface area (Å²) in [5, 5.41) is 2.77. The summed E-state index contributed by atoms with van der Waals surface area (Å²) >= 11 is 0. The van der Waals surface area contributed by atoms with Crippen LogP contribution in [0.25, 0.3) is 0 Å². The molecule has 7 nitrogen and oxygen atoms in total. The Hall–Kier alpha value is -3.36. The highest BCUT2D eigenvalue weighted by atomic mass is 32.2. The van der Waals surface area contributed by atoms with Crippen molar-refractivity contribution >= 4 is 15.9 Å². The molecule has 3 aromatic rings. The van der Waals surface area contributed by atoms with E-state index in [-0.39, 0.29) is 23.5 Å². The van der Waals surface area contributed by atoms with Gasteiger partial charge in [-0.1, -0.05) is 48.5 Å². The number of carbonyl (C=O) groups excluding carboxylic acids is 1. The van der Waals surface area contributed by atoms with Gasteiger partial charge in [-0.05, 0) is 42.8 Å². The molecule has 0 fully saturated rings. The summed E-state index contributed by atoms with van der Waals surface area (Å²) in [5.41, 5.74) is 1.73. The van der Waals surface area contributed by atoms with Crippen LogP contribution < -0.4 is 19.5 Å². The minimum Gasteiger partial charge on any atom is -0.496 e. The number of sulfonamides is 1. The minimum absolute atomic E-state index is 0.119. The first-order chi connectivity index (χ1) is 15.4. The van der Waals surface area contributed by atoms with Gasteiger partial charge in [0.2, 0.25) is 10.0 Å². The van der Waals surface area contributed by atoms with Crippen molar-refractivity contribution in [1.29, 1.82) is 0 Å². The number of rotatable bonds is 10. The molecule has 0 heterocycles. The Morgan fingerprint density at radius 2 is 1.59 bits per heavy atom. The van der Waals surface area contributed by atoms with Gasteiger partial charge in [0.1, 0.15) is 11.5 Å². The molecule has 3 aromatic carbocycles. The summed E-state index contributed by atoms with van der Waals surface area (Å²) in [7, 11) is -2.12. The second-order valence-electron chi connectivity index (χ2n) is 7.10. The van der Waals surface area contributed by atoms with Gasteiger partial charge in [0.05, 0.1) is 12.0 Å². The number of para-hydroxylation sites is 1. The normalized spacial score (nSPS) is 12.1. The van der Waals surface area contributed by atoms with Crippen molar-refractivity contribution < 1.29 is 22.7 Å². The van der Waals surface area contributed by atoms with E-state index in [2.05, 4.69) is 10.0 Å². The number of methoxy groups -OCH3 is 1. The lowest BCUT2D eigenvalue weighted by Gasteiger charge is -2.15. The van der Waals surface area contributed by atoms with E-state index >= 15 is 0 Å². The van der Waals surface area contributed by atoms with Crippen LogP contribution >= 0.6 is 0 Å². The Morgan fingerprint density at radius 1 is 0.938 bits per heavy atom. The van der Waals surface area contributed by atoms with E-state index in [0.717, 1.165) is 11.1 Å². The lowest BCUT2D eigenvalue weighted by Crippen LogP contribution is -2.28. The first-order valence-corrected chi connectivity index (χ1v) is 11.6. The molecule has 0 aromatic heterocycles. The summed E-state index contributed by atoms with van der Waals surface area (Å²) in [6.07, 6.45) is 0. The van der Waals surface area contributed by atoms with Crippen LogP contribution in [0.3, 0.4) is 0 Å². The van der Waals surface area contributed by atoms with E-state index in [9.17, 15) is 13.2 Å². The van der Waals surface area contributed by atoms with Crippen LogP contribution in [0.1, 0.15) is 24.1 Å². The number of amides is 1. The molecule has 168 valence electrons. The molecule has 0 aliphatic rings. The molecule has 0 spiro atoms. The maximum atomic E-state index is 12.6. The predicted molar refractivity (Wildman–Crippen MR) is 122 cm³/mol. The van der Waals surface area contributed by atoms with Crippen molar-refractivity contribution in [1.82, 2.24) is 10.0 Å². The first-order valence-electron chi connectivity index (χ1n) is 10.1. The summed E-state index contributed by atoms with van der Waals surface area (Å²) in [5.74, 6) is 0.791. The monoisotopic (exact) mass is 454 g/mol. The van der Waals surface area contributed by atoms with Gasteiger partial charge in [-0.3, -0.25) is 4.79 Å². The first kappa shape index (κ1) is 23.3. The second kappa shape index (κ2) is 10.8. The maximum Gasteiger partial charge on any atom is 0.258 e. The molecule has 1 unspecified atom stereocenters. The van der Waals surface area contributed by atoms with E-state index in [1.54, 1.807) is 14.0 Å². The lowest BCUT2D eigenvalue weighted by molar-refractivity contribution is -0.123. The molecule has 1 amide bonds. The molecule has 0 aliphatic carbocycles. The van der Waals surface area contributed by atoms with Gasteiger partial charge in [-0.25, -0.2) is 13.1 Å². The average Bonchev–Trinajstić information content (AvgIpc) is 2.82. The average molecular weight is 455 g/mol. The van der Waals surface area contributed by atoms with Crippen molar-refractivity contribution in [3.05, 3.63) is 90.0 Å². The van der Waals surface area contributed by atoms with E-state index in [1.807, 2.05) is 54.6 Å². The van der Waals surface area contributed by atoms with Gasteiger partial charge in [0, 0.05) is 18.2 Å². The van der Waals surface area contributed by atoms with Crippen LogP contribution in [0.4, 0.5) is 0 Å². The predicted octanol–water partition coefficient (Wildman–Crippen LogP) is 3.43. The van der Waals surface area contributed by atoms with Crippen LogP contribution in [0.15, 0.2) is 83.8 Å². The largest absolute Gasteiger partial charge is 0.496 e. The van der Waals surface area contributed by atoms with Crippen LogP contribution in [0.2, 0.25) is 0 Å². The van der Waals surface area contributed by atoms with Crippen LogP contribution in [0.5, 0.6) is 11.5 Å². The second-order valence-corrected chi connectivity index (χ2v) is 8.82. The number of hydrogen-bond donors (Lipinski definition) is 2. The van der Waals surface area contributed by atoms with Crippen molar-refractivity contribution in [2.45, 2.75) is 24.4 Å². The van der Waals surface area contributed by atoms with Gasteiger partial charge in [0.15, 0.2) is 6.61 Å². The Bertz CT molecular complexity index is 1130. The lowest BCUT2D eigenvalue weighted by atomic mass is 10.1. The molecule has 3 rings (SSSR count). The Labute approximate surface area is 188 Å². The molecular weight excluding hydrogens is 428 g/mol. The SMILES string of the molecule is COc1ccccc1CNC(=O)COc1ccc(S(=O)(=O)NC(C)c2ccccc2)cc1. The fourth-order valence-corrected chi connectivity index (χ4v) is 4.30. The third-order valence-corrected chi connectivity index (χ3v) is 6.36. The maximum absolute atomic E-state index is 12.6. The number of benzene rings is 3. The van der Waals surface area contributed by atoms with Crippen molar-refractivity contribution in [2.24, 2.45) is 0 Å². The smallest absolute Gasteiger partial charge is 0.258 e. The van der Waals surface area contributed by atoms with Crippen molar-refractivity contribution in [3.8, 4) is 11.5 Å². The number of carbonyl (C=O) groups is 1. The van der Waals surface area contributed by atoms with Crippen LogP contribution in [-0.4, -0.2) is 28.0 Å². The van der Waals surface area contributed by atoms with E-state index in [4.69, 9.17) is 9.47 Å². The highest BCUT2D eigenvalue weighted by molar-refractivity contribution is 7.89. The Kier molecular flexibility index (Phi) is 7.86. The third-order valence-electron chi connectivity index (χ3n) is 4.80. The van der Waals surface area contributed by atoms with E-state index < -0.39 is 10.0 Å². The van der Waals surface area contributed by atoms with Gasteiger partial charge < -0.3 is 14.8 Å². The molecule has 0 bridgehead atoms. The molecule has 0 radical (unpaired) electrons. The summed E-state index contributed by atoms with van der Waals surface area (Å²) in [6.45, 7) is 1.91. The van der Waals surface area contributed by atoms with E-state index in [0.29, 0.717) is 18.0 Å². The number of ether oxygens (including phenoxy) is 2. The summed E-state index contributed by atoms with van der Waals surface area (Å²) in [6, 6.07) is 22.3. The van der Waals surface area contributed by atoms with Gasteiger partial charge in [-0.2, -0.15) is 0 Å². The highest BCUT2D eigenvalue weighted by Gasteiger charge is 2.18. The van der Waals surface area contributed by atoms with Gasteiger partial charge >= 0.3 is 0 Å². The van der Waals surface area contributed by atoms with Gasteiger partial charge in [-0.15, -0.1) is 0 Å². The zero-order valence-corrected chi connectivity index (χ0v) is 18.8. The fraction of sp³-hybridized carbons (Fsp3) is 0.208. The molecule has 32 heavy (non-hydrogen) atoms. The standard InChI is InChI=1S/C24H26N2O5S/c1-18(19-8-4-3-5-9-19)26-32(28,29)22-14-12-21(13-15-22)31-17-24(27)25-16-20-10-6-7-11-23(20)30-2/h3-15,18,26H,16-17H2,1-2H3,(H,25,27). The minimum atomic E-state index is -3.70. The summed E-state index contributed by atoms with van der Waals surface area (Å²) in [4.78, 5) is 12.2.